The summed E-state index contributed by atoms with van der Waals surface area (Å²) in [5.41, 5.74) is 0. The van der Waals surface area contributed by atoms with Crippen LogP contribution < -0.4 is 10.2 Å². The van der Waals surface area contributed by atoms with Gasteiger partial charge in [-0.05, 0) is 38.5 Å². The molecule has 1 amide bonds. The number of hydrogen-bond acceptors (Lipinski definition) is 6. The molecule has 9 heteroatoms. The second-order valence-electron chi connectivity index (χ2n) is 10.1. The molecule has 0 radical (unpaired) electrons. The zero-order valence-electron chi connectivity index (χ0n) is 23.2. The van der Waals surface area contributed by atoms with Gasteiger partial charge in [0, 0.05) is 6.92 Å². The van der Waals surface area contributed by atoms with Crippen molar-refractivity contribution in [1.29, 1.82) is 0 Å². The van der Waals surface area contributed by atoms with Crippen molar-refractivity contribution >= 4 is 13.7 Å². The number of carbonyl (C=O) groups excluding carboxylic acids is 1. The van der Waals surface area contributed by atoms with E-state index in [0.29, 0.717) is 11.0 Å². The van der Waals surface area contributed by atoms with Crippen LogP contribution in [0, 0.1) is 0 Å². The van der Waals surface area contributed by atoms with E-state index in [1.54, 1.807) is 6.08 Å². The number of aliphatic hydroxyl groups excluding tert-OH is 1. The Morgan fingerprint density at radius 2 is 1.50 bits per heavy atom. The van der Waals surface area contributed by atoms with Gasteiger partial charge < -0.3 is 28.8 Å². The summed E-state index contributed by atoms with van der Waals surface area (Å²) >= 11 is 0. The van der Waals surface area contributed by atoms with Gasteiger partial charge in [0.15, 0.2) is 0 Å². The van der Waals surface area contributed by atoms with E-state index < -0.39 is 32.5 Å². The molecule has 0 bridgehead atoms. The lowest BCUT2D eigenvalue weighted by Gasteiger charge is -2.29. The molecular formula is C27H51N2O6P. The maximum Gasteiger partial charge on any atom is 0.268 e. The topological polar surface area (TPSA) is 108 Å². The molecule has 2 N–H and O–H groups in total. The Morgan fingerprint density at radius 3 is 2.06 bits per heavy atom. The third-order valence-corrected chi connectivity index (χ3v) is 6.33. The Bertz CT molecular complexity index is 703. The number of nitrogens with zero attached hydrogens (tertiary/aromatic N) is 1. The van der Waals surface area contributed by atoms with E-state index in [0.717, 1.165) is 25.7 Å². The number of nitrogens with one attached hydrogen (secondary N) is 1. The molecule has 0 aliphatic heterocycles. The fourth-order valence-corrected chi connectivity index (χ4v) is 3.94. The van der Waals surface area contributed by atoms with Crippen LogP contribution in [0.5, 0.6) is 0 Å². The number of phosphoric ester groups is 1. The number of allylic oxidation sites excluding steroid dienone is 5. The summed E-state index contributed by atoms with van der Waals surface area (Å²) in [5.74, 6) is -0.392. The number of carbonyl (C=O) groups is 1. The molecule has 0 rings (SSSR count). The van der Waals surface area contributed by atoms with E-state index in [2.05, 4.69) is 36.5 Å². The number of phosphoric acid groups is 1. The van der Waals surface area contributed by atoms with Crippen LogP contribution in [0.2, 0.25) is 0 Å². The molecule has 8 nitrogen and oxygen atoms in total. The summed E-state index contributed by atoms with van der Waals surface area (Å²) in [6, 6.07) is -0.906. The first-order valence-electron chi connectivity index (χ1n) is 13.3. The third-order valence-electron chi connectivity index (χ3n) is 5.37. The minimum absolute atomic E-state index is 0.0134. The fraction of sp³-hybridized carbons (Fsp3) is 0.741. The number of amides is 1. The van der Waals surface area contributed by atoms with Gasteiger partial charge in [-0.25, -0.2) is 0 Å². The Morgan fingerprint density at radius 1 is 0.944 bits per heavy atom. The highest BCUT2D eigenvalue weighted by molar-refractivity contribution is 7.45. The zero-order chi connectivity index (χ0) is 27.3. The van der Waals surface area contributed by atoms with Crippen LogP contribution >= 0.6 is 7.82 Å². The van der Waals surface area contributed by atoms with Crippen molar-refractivity contribution in [3.05, 3.63) is 36.5 Å². The van der Waals surface area contributed by atoms with E-state index >= 15 is 0 Å². The molecule has 0 aromatic carbocycles. The van der Waals surface area contributed by atoms with Gasteiger partial charge >= 0.3 is 0 Å². The summed E-state index contributed by atoms with van der Waals surface area (Å²) < 4.78 is 22.3. The van der Waals surface area contributed by atoms with Crippen molar-refractivity contribution in [3.8, 4) is 0 Å². The van der Waals surface area contributed by atoms with Crippen molar-refractivity contribution in [2.24, 2.45) is 0 Å². The average molecular weight is 531 g/mol. The molecule has 0 aliphatic carbocycles. The normalized spacial score (nSPS) is 16.1. The molecule has 0 aliphatic rings. The second kappa shape index (κ2) is 20.7. The largest absolute Gasteiger partial charge is 0.756 e. The predicted molar refractivity (Wildman–Crippen MR) is 145 cm³/mol. The predicted octanol–water partition coefficient (Wildman–Crippen LogP) is 4.65. The second-order valence-corrected chi connectivity index (χ2v) is 11.5. The summed E-state index contributed by atoms with van der Waals surface area (Å²) in [6.45, 7) is 3.59. The number of unbranched alkanes of at least 4 members (excludes halogenated alkanes) is 7. The first kappa shape index (κ1) is 34.7. The Hall–Kier alpha value is -1.28. The van der Waals surface area contributed by atoms with E-state index in [9.17, 15) is 19.4 Å². The molecule has 210 valence electrons. The molecule has 0 saturated heterocycles. The highest BCUT2D eigenvalue weighted by Crippen LogP contribution is 2.38. The van der Waals surface area contributed by atoms with Crippen LogP contribution in [0.25, 0.3) is 0 Å². The highest BCUT2D eigenvalue weighted by atomic mass is 31.2. The van der Waals surface area contributed by atoms with E-state index in [1.807, 2.05) is 27.2 Å². The molecule has 0 fully saturated rings. The van der Waals surface area contributed by atoms with Crippen LogP contribution in [0.4, 0.5) is 0 Å². The Labute approximate surface area is 219 Å². The molecule has 0 saturated carbocycles. The number of likely N-dealkylation sites (N-methyl/N-ethyl adjacent to an activating group) is 1. The fourth-order valence-electron chi connectivity index (χ4n) is 3.21. The van der Waals surface area contributed by atoms with Gasteiger partial charge in [0.1, 0.15) is 13.2 Å². The van der Waals surface area contributed by atoms with E-state index in [1.165, 1.54) is 45.4 Å². The number of rotatable bonds is 22. The third kappa shape index (κ3) is 23.1. The maximum absolute atomic E-state index is 12.0. The lowest BCUT2D eigenvalue weighted by Crippen LogP contribution is -2.45. The number of hydrogen-bond donors (Lipinski definition) is 2. The molecular weight excluding hydrogens is 479 g/mol. The first-order chi connectivity index (χ1) is 17.0. The smallest absolute Gasteiger partial charge is 0.268 e. The van der Waals surface area contributed by atoms with Crippen LogP contribution in [-0.4, -0.2) is 68.5 Å². The minimum Gasteiger partial charge on any atom is -0.756 e. The van der Waals surface area contributed by atoms with Crippen molar-refractivity contribution in [1.82, 2.24) is 5.32 Å². The summed E-state index contributed by atoms with van der Waals surface area (Å²) in [5, 5.41) is 12.9. The lowest BCUT2D eigenvalue weighted by molar-refractivity contribution is -0.870. The van der Waals surface area contributed by atoms with Crippen LogP contribution in [0.15, 0.2) is 36.5 Å². The summed E-state index contributed by atoms with van der Waals surface area (Å²) in [7, 11) is 1.21. The zero-order valence-corrected chi connectivity index (χ0v) is 24.1. The van der Waals surface area contributed by atoms with Gasteiger partial charge in [0.05, 0.1) is 39.9 Å². The van der Waals surface area contributed by atoms with Gasteiger partial charge in [-0.15, -0.1) is 0 Å². The van der Waals surface area contributed by atoms with Crippen LogP contribution in [0.3, 0.4) is 0 Å². The minimum atomic E-state index is -4.54. The molecule has 3 unspecified atom stereocenters. The van der Waals surface area contributed by atoms with Crippen LogP contribution in [0.1, 0.15) is 78.1 Å². The van der Waals surface area contributed by atoms with Crippen molar-refractivity contribution in [3.63, 3.8) is 0 Å². The average Bonchev–Trinajstić information content (AvgIpc) is 2.77. The number of quaternary nitrogens is 1. The van der Waals surface area contributed by atoms with Gasteiger partial charge in [-0.3, -0.25) is 9.36 Å². The SMILES string of the molecule is CCCCCCC/C=C/CC/C=C/CC/C=C/C(O)C(COP(=O)([O-])OCC[N+](C)(C)C)NC(C)=O. The van der Waals surface area contributed by atoms with Crippen molar-refractivity contribution < 1.29 is 32.9 Å². The van der Waals surface area contributed by atoms with Gasteiger partial charge in [-0.1, -0.05) is 69.1 Å². The number of aliphatic hydroxyl groups is 1. The molecule has 0 spiro atoms. The monoisotopic (exact) mass is 530 g/mol. The molecule has 3 atom stereocenters. The summed E-state index contributed by atoms with van der Waals surface area (Å²) in [4.78, 5) is 23.5. The summed E-state index contributed by atoms with van der Waals surface area (Å²) in [6.07, 6.45) is 22.4. The highest BCUT2D eigenvalue weighted by Gasteiger charge is 2.22. The van der Waals surface area contributed by atoms with E-state index in [4.69, 9.17) is 9.05 Å². The molecule has 36 heavy (non-hydrogen) atoms. The van der Waals surface area contributed by atoms with E-state index in [-0.39, 0.29) is 6.61 Å². The van der Waals surface area contributed by atoms with Gasteiger partial charge in [0.2, 0.25) is 5.91 Å². The van der Waals surface area contributed by atoms with Crippen molar-refractivity contribution in [2.45, 2.75) is 90.2 Å². The standard InChI is InChI=1S/C27H51N2O6P/c1-6-7-8-9-10-11-12-13-14-15-16-17-18-19-20-21-27(31)26(28-25(2)30)24-35-36(32,33)34-23-22-29(3,4)5/h12-13,16-17,20-21,26-27,31H,6-11,14-15,18-19,22-24H2,1-5H3,(H-,28,30,32,33)/b13-12+,17-16+,21-20+. The first-order valence-corrected chi connectivity index (χ1v) is 14.8. The van der Waals surface area contributed by atoms with Gasteiger partial charge in [-0.2, -0.15) is 0 Å². The molecule has 0 aromatic rings. The molecule has 0 aromatic heterocycles. The molecule has 0 heterocycles. The quantitative estimate of drug-likeness (QED) is 0.0913. The Kier molecular flexibility index (Phi) is 20.0. The maximum atomic E-state index is 12.0. The van der Waals surface area contributed by atoms with Crippen molar-refractivity contribution in [2.75, 3.05) is 40.9 Å². The van der Waals surface area contributed by atoms with Crippen LogP contribution in [-0.2, 0) is 18.4 Å². The van der Waals surface area contributed by atoms with Gasteiger partial charge in [0.25, 0.3) is 7.82 Å². The Balaban J connectivity index is 4.25. The lowest BCUT2D eigenvalue weighted by atomic mass is 10.1.